The molecule has 1 N–H and O–H groups in total. The Labute approximate surface area is 141 Å². The Morgan fingerprint density at radius 3 is 2.83 bits per heavy atom. The molecule has 1 aromatic carbocycles. The molecule has 0 atom stereocenters. The second-order valence-electron chi connectivity index (χ2n) is 6.55. The quantitative estimate of drug-likeness (QED) is 0.918. The van der Waals surface area contributed by atoms with E-state index in [4.69, 9.17) is 0 Å². The largest absolute Gasteiger partial charge is 0.321 e. The second kappa shape index (κ2) is 6.46. The number of thiophene rings is 1. The molecule has 2 aliphatic rings. The summed E-state index contributed by atoms with van der Waals surface area (Å²) in [6.45, 7) is 3.37. The molecule has 23 heavy (non-hydrogen) atoms. The standard InChI is InChI=1S/C19H22N2OS/c22-19(18-12-15-6-4-8-17(15)23-18)20-16-7-3-5-14(11-16)13-21-9-1-2-10-21/h3,5,7,11-12H,1-2,4,6,8-10,13H2,(H,20,22). The molecule has 1 fully saturated rings. The van der Waals surface area contributed by atoms with Crippen molar-refractivity contribution in [3.8, 4) is 0 Å². The van der Waals surface area contributed by atoms with E-state index in [1.807, 2.05) is 12.1 Å². The van der Waals surface area contributed by atoms with Crippen LogP contribution in [0.2, 0.25) is 0 Å². The number of rotatable bonds is 4. The van der Waals surface area contributed by atoms with Gasteiger partial charge in [-0.05, 0) is 74.5 Å². The van der Waals surface area contributed by atoms with Crippen molar-refractivity contribution < 1.29 is 4.79 Å². The number of likely N-dealkylation sites (tertiary alicyclic amines) is 1. The highest BCUT2D eigenvalue weighted by Gasteiger charge is 2.18. The summed E-state index contributed by atoms with van der Waals surface area (Å²) in [5, 5.41) is 3.07. The van der Waals surface area contributed by atoms with Gasteiger partial charge < -0.3 is 5.32 Å². The van der Waals surface area contributed by atoms with Crippen molar-refractivity contribution in [3.63, 3.8) is 0 Å². The molecular formula is C19H22N2OS. The smallest absolute Gasteiger partial charge is 0.265 e. The second-order valence-corrected chi connectivity index (χ2v) is 7.69. The van der Waals surface area contributed by atoms with E-state index in [0.717, 1.165) is 30.0 Å². The Morgan fingerprint density at radius 2 is 2.00 bits per heavy atom. The average molecular weight is 326 g/mol. The molecule has 0 unspecified atom stereocenters. The van der Waals surface area contributed by atoms with Gasteiger partial charge in [-0.1, -0.05) is 12.1 Å². The van der Waals surface area contributed by atoms with E-state index in [2.05, 4.69) is 28.4 Å². The van der Waals surface area contributed by atoms with Gasteiger partial charge in [0.15, 0.2) is 0 Å². The molecule has 0 bridgehead atoms. The summed E-state index contributed by atoms with van der Waals surface area (Å²) in [5.74, 6) is 0.0303. The molecular weight excluding hydrogens is 304 g/mol. The summed E-state index contributed by atoms with van der Waals surface area (Å²) < 4.78 is 0. The molecule has 1 aliphatic carbocycles. The zero-order valence-electron chi connectivity index (χ0n) is 13.3. The highest BCUT2D eigenvalue weighted by atomic mass is 32.1. The van der Waals surface area contributed by atoms with Gasteiger partial charge in [0, 0.05) is 17.1 Å². The lowest BCUT2D eigenvalue weighted by atomic mass is 10.2. The fourth-order valence-corrected chi connectivity index (χ4v) is 4.73. The Kier molecular flexibility index (Phi) is 4.19. The molecule has 0 spiro atoms. The molecule has 1 aliphatic heterocycles. The molecule has 0 radical (unpaired) electrons. The summed E-state index contributed by atoms with van der Waals surface area (Å²) in [6, 6.07) is 10.4. The number of carbonyl (C=O) groups is 1. The van der Waals surface area contributed by atoms with Gasteiger partial charge in [0.05, 0.1) is 4.88 Å². The van der Waals surface area contributed by atoms with Crippen molar-refractivity contribution >= 4 is 22.9 Å². The van der Waals surface area contributed by atoms with Crippen molar-refractivity contribution in [1.82, 2.24) is 4.90 Å². The summed E-state index contributed by atoms with van der Waals surface area (Å²) in [6.07, 6.45) is 6.11. The molecule has 0 saturated carbocycles. The van der Waals surface area contributed by atoms with Crippen LogP contribution in [0.3, 0.4) is 0 Å². The van der Waals surface area contributed by atoms with E-state index >= 15 is 0 Å². The zero-order chi connectivity index (χ0) is 15.6. The normalized spacial score (nSPS) is 17.4. The Bertz CT molecular complexity index is 694. The van der Waals surface area contributed by atoms with E-state index in [1.165, 1.54) is 48.4 Å². The monoisotopic (exact) mass is 326 g/mol. The molecule has 1 amide bonds. The van der Waals surface area contributed by atoms with Crippen LogP contribution in [0.1, 0.15) is 44.9 Å². The van der Waals surface area contributed by atoms with E-state index in [0.29, 0.717) is 0 Å². The van der Waals surface area contributed by atoms with Gasteiger partial charge in [-0.3, -0.25) is 9.69 Å². The van der Waals surface area contributed by atoms with Crippen LogP contribution in [0.4, 0.5) is 5.69 Å². The number of aryl methyl sites for hydroxylation is 2. The van der Waals surface area contributed by atoms with Gasteiger partial charge in [-0.25, -0.2) is 0 Å². The van der Waals surface area contributed by atoms with Crippen molar-refractivity contribution in [2.45, 2.75) is 38.6 Å². The van der Waals surface area contributed by atoms with E-state index < -0.39 is 0 Å². The predicted octanol–water partition coefficient (Wildman–Crippen LogP) is 4.08. The van der Waals surface area contributed by atoms with E-state index in [1.54, 1.807) is 11.3 Å². The summed E-state index contributed by atoms with van der Waals surface area (Å²) in [7, 11) is 0. The van der Waals surface area contributed by atoms with Crippen molar-refractivity contribution in [3.05, 3.63) is 51.2 Å². The van der Waals surface area contributed by atoms with Gasteiger partial charge in [-0.2, -0.15) is 0 Å². The van der Waals surface area contributed by atoms with Crippen LogP contribution in [0, 0.1) is 0 Å². The van der Waals surface area contributed by atoms with Crippen LogP contribution < -0.4 is 5.32 Å². The molecule has 3 nitrogen and oxygen atoms in total. The highest BCUT2D eigenvalue weighted by Crippen LogP contribution is 2.31. The first kappa shape index (κ1) is 14.9. The molecule has 1 aromatic heterocycles. The van der Waals surface area contributed by atoms with Gasteiger partial charge in [0.2, 0.25) is 0 Å². The molecule has 2 heterocycles. The number of fused-ring (bicyclic) bond motifs is 1. The number of benzene rings is 1. The Hall–Kier alpha value is -1.65. The van der Waals surface area contributed by atoms with Crippen LogP contribution in [-0.4, -0.2) is 23.9 Å². The summed E-state index contributed by atoms with van der Waals surface area (Å²) in [5.41, 5.74) is 3.56. The molecule has 2 aromatic rings. The number of nitrogens with zero attached hydrogens (tertiary/aromatic N) is 1. The number of nitrogens with one attached hydrogen (secondary N) is 1. The van der Waals surface area contributed by atoms with Gasteiger partial charge >= 0.3 is 0 Å². The lowest BCUT2D eigenvalue weighted by molar-refractivity contribution is 0.103. The van der Waals surface area contributed by atoms with E-state index in [-0.39, 0.29) is 5.91 Å². The number of hydrogen-bond donors (Lipinski definition) is 1. The van der Waals surface area contributed by atoms with Crippen LogP contribution in [0.15, 0.2) is 30.3 Å². The average Bonchev–Trinajstić information content (AvgIpc) is 3.24. The minimum Gasteiger partial charge on any atom is -0.321 e. The summed E-state index contributed by atoms with van der Waals surface area (Å²) >= 11 is 1.66. The van der Waals surface area contributed by atoms with Crippen molar-refractivity contribution in [2.24, 2.45) is 0 Å². The number of anilines is 1. The maximum absolute atomic E-state index is 12.5. The highest BCUT2D eigenvalue weighted by molar-refractivity contribution is 7.14. The molecule has 4 heteroatoms. The van der Waals surface area contributed by atoms with Gasteiger partial charge in [0.25, 0.3) is 5.91 Å². The van der Waals surface area contributed by atoms with E-state index in [9.17, 15) is 4.79 Å². The van der Waals surface area contributed by atoms with Gasteiger partial charge in [0.1, 0.15) is 0 Å². The lowest BCUT2D eigenvalue weighted by Gasteiger charge is -2.15. The Balaban J connectivity index is 1.44. The minimum absolute atomic E-state index is 0.0303. The predicted molar refractivity (Wildman–Crippen MR) is 95.3 cm³/mol. The topological polar surface area (TPSA) is 32.3 Å². The number of carbonyl (C=O) groups excluding carboxylic acids is 1. The first-order chi connectivity index (χ1) is 11.3. The summed E-state index contributed by atoms with van der Waals surface area (Å²) in [4.78, 5) is 17.2. The van der Waals surface area contributed by atoms with Crippen LogP contribution >= 0.6 is 11.3 Å². The van der Waals surface area contributed by atoms with Crippen molar-refractivity contribution in [1.29, 1.82) is 0 Å². The zero-order valence-corrected chi connectivity index (χ0v) is 14.1. The third-order valence-corrected chi connectivity index (χ3v) is 6.00. The number of amides is 1. The minimum atomic E-state index is 0.0303. The first-order valence-corrected chi connectivity index (χ1v) is 9.34. The third kappa shape index (κ3) is 3.33. The molecule has 4 rings (SSSR count). The SMILES string of the molecule is O=C(Nc1cccc(CN2CCCC2)c1)c1cc2c(s1)CCC2. The van der Waals surface area contributed by atoms with Crippen LogP contribution in [-0.2, 0) is 19.4 Å². The van der Waals surface area contributed by atoms with Crippen molar-refractivity contribution in [2.75, 3.05) is 18.4 Å². The van der Waals surface area contributed by atoms with Crippen LogP contribution in [0.5, 0.6) is 0 Å². The Morgan fingerprint density at radius 1 is 1.13 bits per heavy atom. The molecule has 120 valence electrons. The van der Waals surface area contributed by atoms with Crippen LogP contribution in [0.25, 0.3) is 0 Å². The maximum Gasteiger partial charge on any atom is 0.265 e. The first-order valence-electron chi connectivity index (χ1n) is 8.52. The third-order valence-electron chi connectivity index (χ3n) is 4.76. The fraction of sp³-hybridized carbons (Fsp3) is 0.421. The van der Waals surface area contributed by atoms with Gasteiger partial charge in [-0.15, -0.1) is 11.3 Å². The molecule has 1 saturated heterocycles. The fourth-order valence-electron chi connectivity index (χ4n) is 3.58. The lowest BCUT2D eigenvalue weighted by Crippen LogP contribution is -2.18. The maximum atomic E-state index is 12.5. The number of hydrogen-bond acceptors (Lipinski definition) is 3.